The molecule has 1 saturated carbocycles. The van der Waals surface area contributed by atoms with Crippen LogP contribution in [0.5, 0.6) is 0 Å². The highest BCUT2D eigenvalue weighted by molar-refractivity contribution is 9.10. The predicted octanol–water partition coefficient (Wildman–Crippen LogP) is 7.33. The number of hydrogen-bond acceptors (Lipinski definition) is 3. The second-order valence-electron chi connectivity index (χ2n) is 10.1. The van der Waals surface area contributed by atoms with Gasteiger partial charge in [-0.25, -0.2) is 0 Å². The predicted molar refractivity (Wildman–Crippen MR) is 160 cm³/mol. The maximum Gasteiger partial charge on any atom is 0.243 e. The average Bonchev–Trinajstić information content (AvgIpc) is 2.94. The fourth-order valence-electron chi connectivity index (χ4n) is 4.92. The number of carbonyl (C=O) groups excluding carboxylic acids is 2. The third kappa shape index (κ3) is 8.74. The molecule has 0 radical (unpaired) electrons. The van der Waals surface area contributed by atoms with Gasteiger partial charge in [-0.05, 0) is 55.2 Å². The standard InChI is InChI=1S/C32H37BrN2O2S/c1-24-12-18-29(19-13-24)38-21-20-31(36)35(23-26-14-16-27(33)17-15-26)30(22-25-8-4-2-5-9-25)32(37)34-28-10-6-3-7-11-28/h2,4-5,8-9,12-19,28,30H,3,6-7,10-11,20-23H2,1H3,(H,34,37)/t30-/m0/s1. The van der Waals surface area contributed by atoms with Gasteiger partial charge in [0.15, 0.2) is 0 Å². The van der Waals surface area contributed by atoms with Gasteiger partial charge in [-0.2, -0.15) is 0 Å². The molecule has 0 heterocycles. The van der Waals surface area contributed by atoms with Crippen molar-refractivity contribution in [3.05, 3.63) is 100 Å². The number of rotatable bonds is 11. The third-order valence-corrected chi connectivity index (χ3v) is 8.64. The van der Waals surface area contributed by atoms with E-state index in [-0.39, 0.29) is 17.9 Å². The van der Waals surface area contributed by atoms with Crippen molar-refractivity contribution in [2.75, 3.05) is 5.75 Å². The molecular weight excluding hydrogens is 556 g/mol. The summed E-state index contributed by atoms with van der Waals surface area (Å²) in [6.07, 6.45) is 6.41. The lowest BCUT2D eigenvalue weighted by atomic mass is 9.94. The lowest BCUT2D eigenvalue weighted by Gasteiger charge is -2.33. The van der Waals surface area contributed by atoms with Crippen molar-refractivity contribution >= 4 is 39.5 Å². The largest absolute Gasteiger partial charge is 0.352 e. The molecule has 1 atom stereocenters. The first kappa shape index (κ1) is 28.4. The molecule has 0 unspecified atom stereocenters. The lowest BCUT2D eigenvalue weighted by Crippen LogP contribution is -2.52. The topological polar surface area (TPSA) is 49.4 Å². The Morgan fingerprint density at radius 3 is 2.29 bits per heavy atom. The number of thioether (sulfide) groups is 1. The van der Waals surface area contributed by atoms with Crippen LogP contribution in [-0.4, -0.2) is 34.6 Å². The first-order chi connectivity index (χ1) is 18.5. The number of benzene rings is 3. The van der Waals surface area contributed by atoms with Crippen molar-refractivity contribution in [1.82, 2.24) is 10.2 Å². The molecule has 4 rings (SSSR count). The van der Waals surface area contributed by atoms with Gasteiger partial charge in [0, 0.05) is 40.5 Å². The van der Waals surface area contributed by atoms with Crippen LogP contribution in [0.15, 0.2) is 88.2 Å². The number of halogens is 1. The molecule has 200 valence electrons. The van der Waals surface area contributed by atoms with Crippen LogP contribution in [0, 0.1) is 6.92 Å². The summed E-state index contributed by atoms with van der Waals surface area (Å²) in [5.74, 6) is 0.630. The van der Waals surface area contributed by atoms with Gasteiger partial charge in [-0.1, -0.05) is 95.4 Å². The van der Waals surface area contributed by atoms with Crippen LogP contribution in [-0.2, 0) is 22.6 Å². The van der Waals surface area contributed by atoms with E-state index in [0.717, 1.165) is 46.2 Å². The Labute approximate surface area is 239 Å². The zero-order valence-electron chi connectivity index (χ0n) is 22.1. The molecule has 0 aromatic heterocycles. The van der Waals surface area contributed by atoms with E-state index in [4.69, 9.17) is 0 Å². The van der Waals surface area contributed by atoms with Crippen LogP contribution in [0.2, 0.25) is 0 Å². The highest BCUT2D eigenvalue weighted by atomic mass is 79.9. The molecule has 1 aliphatic rings. The number of hydrogen-bond donors (Lipinski definition) is 1. The molecule has 38 heavy (non-hydrogen) atoms. The highest BCUT2D eigenvalue weighted by Gasteiger charge is 2.31. The van der Waals surface area contributed by atoms with Gasteiger partial charge in [0.1, 0.15) is 6.04 Å². The summed E-state index contributed by atoms with van der Waals surface area (Å²) in [5, 5.41) is 3.31. The second kappa shape index (κ2) is 14.5. The maximum absolute atomic E-state index is 13.8. The van der Waals surface area contributed by atoms with Crippen LogP contribution < -0.4 is 5.32 Å². The number of nitrogens with zero attached hydrogens (tertiary/aromatic N) is 1. The molecule has 1 fully saturated rings. The molecule has 0 spiro atoms. The minimum absolute atomic E-state index is 0.00672. The van der Waals surface area contributed by atoms with Crippen LogP contribution in [0.25, 0.3) is 0 Å². The minimum atomic E-state index is -0.570. The van der Waals surface area contributed by atoms with E-state index in [1.54, 1.807) is 11.8 Å². The van der Waals surface area contributed by atoms with E-state index in [1.165, 1.54) is 12.0 Å². The minimum Gasteiger partial charge on any atom is -0.352 e. The lowest BCUT2D eigenvalue weighted by molar-refractivity contribution is -0.141. The number of amides is 2. The van der Waals surface area contributed by atoms with E-state index < -0.39 is 6.04 Å². The zero-order valence-corrected chi connectivity index (χ0v) is 24.5. The molecule has 0 saturated heterocycles. The molecule has 6 heteroatoms. The first-order valence-corrected chi connectivity index (χ1v) is 15.3. The SMILES string of the molecule is Cc1ccc(SCCC(=O)N(Cc2ccc(Br)cc2)[C@@H](Cc2ccccc2)C(=O)NC2CCCCC2)cc1. The number of carbonyl (C=O) groups is 2. The van der Waals surface area contributed by atoms with Crippen molar-refractivity contribution in [2.45, 2.75) is 75.4 Å². The Kier molecular flexibility index (Phi) is 10.9. The molecule has 0 bridgehead atoms. The fourth-order valence-corrected chi connectivity index (χ4v) is 6.02. The fraction of sp³-hybridized carbons (Fsp3) is 0.375. The highest BCUT2D eigenvalue weighted by Crippen LogP contribution is 2.23. The van der Waals surface area contributed by atoms with E-state index >= 15 is 0 Å². The molecular formula is C32H37BrN2O2S. The average molecular weight is 594 g/mol. The molecule has 1 aliphatic carbocycles. The Balaban J connectivity index is 1.55. The van der Waals surface area contributed by atoms with Gasteiger partial charge in [-0.15, -0.1) is 11.8 Å². The van der Waals surface area contributed by atoms with Crippen molar-refractivity contribution < 1.29 is 9.59 Å². The number of nitrogens with one attached hydrogen (secondary N) is 1. The Morgan fingerprint density at radius 2 is 1.61 bits per heavy atom. The van der Waals surface area contributed by atoms with Crippen LogP contribution in [0.4, 0.5) is 0 Å². The van der Waals surface area contributed by atoms with E-state index in [1.807, 2.05) is 59.5 Å². The molecule has 4 nitrogen and oxygen atoms in total. The van der Waals surface area contributed by atoms with Crippen LogP contribution in [0.1, 0.15) is 55.2 Å². The van der Waals surface area contributed by atoms with Gasteiger partial charge in [0.2, 0.25) is 11.8 Å². The normalized spacial score (nSPS) is 14.6. The van der Waals surface area contributed by atoms with Gasteiger partial charge in [0.05, 0.1) is 0 Å². The molecule has 1 N–H and O–H groups in total. The molecule has 2 amide bonds. The van der Waals surface area contributed by atoms with Crippen LogP contribution >= 0.6 is 27.7 Å². The Morgan fingerprint density at radius 1 is 0.921 bits per heavy atom. The monoisotopic (exact) mass is 592 g/mol. The maximum atomic E-state index is 13.8. The van der Waals surface area contributed by atoms with Gasteiger partial charge in [0.25, 0.3) is 0 Å². The quantitative estimate of drug-likeness (QED) is 0.237. The third-order valence-electron chi connectivity index (χ3n) is 7.09. The van der Waals surface area contributed by atoms with Crippen molar-refractivity contribution in [3.63, 3.8) is 0 Å². The summed E-state index contributed by atoms with van der Waals surface area (Å²) in [4.78, 5) is 30.6. The second-order valence-corrected chi connectivity index (χ2v) is 12.2. The van der Waals surface area contributed by atoms with E-state index in [2.05, 4.69) is 52.4 Å². The Hall–Kier alpha value is -2.57. The van der Waals surface area contributed by atoms with Gasteiger partial charge >= 0.3 is 0 Å². The summed E-state index contributed by atoms with van der Waals surface area (Å²) >= 11 is 5.19. The molecule has 3 aromatic rings. The Bertz CT molecular complexity index is 1160. The van der Waals surface area contributed by atoms with Crippen molar-refractivity contribution in [2.24, 2.45) is 0 Å². The van der Waals surface area contributed by atoms with E-state index in [9.17, 15) is 9.59 Å². The summed E-state index contributed by atoms with van der Waals surface area (Å²) in [6.45, 7) is 2.47. The van der Waals surface area contributed by atoms with Crippen molar-refractivity contribution in [3.8, 4) is 0 Å². The molecule has 3 aromatic carbocycles. The van der Waals surface area contributed by atoms with Crippen molar-refractivity contribution in [1.29, 1.82) is 0 Å². The summed E-state index contributed by atoms with van der Waals surface area (Å²) in [6, 6.07) is 26.0. The zero-order chi connectivity index (χ0) is 26.7. The van der Waals surface area contributed by atoms with Gasteiger partial charge in [-0.3, -0.25) is 9.59 Å². The smallest absolute Gasteiger partial charge is 0.243 e. The number of aryl methyl sites for hydroxylation is 1. The molecule has 0 aliphatic heterocycles. The van der Waals surface area contributed by atoms with Crippen LogP contribution in [0.3, 0.4) is 0 Å². The first-order valence-electron chi connectivity index (χ1n) is 13.6. The van der Waals surface area contributed by atoms with Gasteiger partial charge < -0.3 is 10.2 Å². The summed E-state index contributed by atoms with van der Waals surface area (Å²) in [7, 11) is 0. The summed E-state index contributed by atoms with van der Waals surface area (Å²) < 4.78 is 0.990. The summed E-state index contributed by atoms with van der Waals surface area (Å²) in [5.41, 5.74) is 3.29. The van der Waals surface area contributed by atoms with E-state index in [0.29, 0.717) is 25.1 Å².